The van der Waals surface area contributed by atoms with Crippen LogP contribution in [-0.4, -0.2) is 11.0 Å². The number of benzene rings is 1. The third-order valence-corrected chi connectivity index (χ3v) is 2.63. The molecule has 0 radical (unpaired) electrons. The van der Waals surface area contributed by atoms with Gasteiger partial charge in [0.1, 0.15) is 0 Å². The predicted octanol–water partition coefficient (Wildman–Crippen LogP) is 2.65. The van der Waals surface area contributed by atoms with E-state index >= 15 is 0 Å². The van der Waals surface area contributed by atoms with Gasteiger partial charge in [0, 0.05) is 17.7 Å². The zero-order valence-electron chi connectivity index (χ0n) is 9.56. The normalized spacial score (nSPS) is 12.4. The van der Waals surface area contributed by atoms with Crippen molar-refractivity contribution in [1.29, 1.82) is 0 Å². The Labute approximate surface area is 95.6 Å². The van der Waals surface area contributed by atoms with Crippen LogP contribution < -0.4 is 5.73 Å². The Morgan fingerprint density at radius 2 is 2.06 bits per heavy atom. The standard InChI is InChI=1S/C12H18N2O2/c1-2-5-11(13)9-8-10-6-3-4-7-12(10)14(15)16/h3-4,6-7,11H,2,5,8-9,13H2,1H3. The van der Waals surface area contributed by atoms with E-state index in [0.29, 0.717) is 6.42 Å². The molecule has 0 heterocycles. The Balaban J connectivity index is 2.63. The van der Waals surface area contributed by atoms with Gasteiger partial charge in [0.05, 0.1) is 4.92 Å². The highest BCUT2D eigenvalue weighted by molar-refractivity contribution is 5.39. The molecule has 2 N–H and O–H groups in total. The Morgan fingerprint density at radius 3 is 2.69 bits per heavy atom. The SMILES string of the molecule is CCCC(N)CCc1ccccc1[N+](=O)[O-]. The zero-order valence-corrected chi connectivity index (χ0v) is 9.56. The first-order chi connectivity index (χ1) is 7.65. The third kappa shape index (κ3) is 3.62. The molecule has 1 aromatic carbocycles. The van der Waals surface area contributed by atoms with Crippen LogP contribution in [0.5, 0.6) is 0 Å². The fourth-order valence-electron chi connectivity index (χ4n) is 1.76. The number of nitro groups is 1. The largest absolute Gasteiger partial charge is 0.328 e. The van der Waals surface area contributed by atoms with Gasteiger partial charge in [-0.3, -0.25) is 10.1 Å². The summed E-state index contributed by atoms with van der Waals surface area (Å²) >= 11 is 0. The summed E-state index contributed by atoms with van der Waals surface area (Å²) in [5.41, 5.74) is 6.87. The van der Waals surface area contributed by atoms with E-state index in [9.17, 15) is 10.1 Å². The summed E-state index contributed by atoms with van der Waals surface area (Å²) in [6, 6.07) is 7.00. The summed E-state index contributed by atoms with van der Waals surface area (Å²) in [6.07, 6.45) is 3.51. The smallest absolute Gasteiger partial charge is 0.272 e. The van der Waals surface area contributed by atoms with Gasteiger partial charge in [0.2, 0.25) is 0 Å². The van der Waals surface area contributed by atoms with Crippen LogP contribution in [0.2, 0.25) is 0 Å². The minimum atomic E-state index is -0.333. The van der Waals surface area contributed by atoms with Crippen molar-refractivity contribution in [2.75, 3.05) is 0 Å². The van der Waals surface area contributed by atoms with Gasteiger partial charge in [-0.1, -0.05) is 31.5 Å². The molecule has 0 amide bonds. The summed E-state index contributed by atoms with van der Waals surface area (Å²) in [5.74, 6) is 0. The Morgan fingerprint density at radius 1 is 1.38 bits per heavy atom. The number of hydrogen-bond donors (Lipinski definition) is 1. The van der Waals surface area contributed by atoms with Gasteiger partial charge in [0.15, 0.2) is 0 Å². The first kappa shape index (κ1) is 12.6. The molecule has 1 aromatic rings. The van der Waals surface area contributed by atoms with Gasteiger partial charge in [-0.05, 0) is 19.3 Å². The van der Waals surface area contributed by atoms with Crippen molar-refractivity contribution in [3.8, 4) is 0 Å². The maximum atomic E-state index is 10.8. The number of hydrogen-bond acceptors (Lipinski definition) is 3. The highest BCUT2D eigenvalue weighted by Gasteiger charge is 2.12. The number of nitrogens with zero attached hydrogens (tertiary/aromatic N) is 1. The van der Waals surface area contributed by atoms with E-state index in [4.69, 9.17) is 5.73 Å². The lowest BCUT2D eigenvalue weighted by atomic mass is 10.0. The molecule has 16 heavy (non-hydrogen) atoms. The number of nitro benzene ring substituents is 1. The average molecular weight is 222 g/mol. The lowest BCUT2D eigenvalue weighted by molar-refractivity contribution is -0.385. The van der Waals surface area contributed by atoms with E-state index < -0.39 is 0 Å². The molecule has 0 saturated heterocycles. The van der Waals surface area contributed by atoms with Crippen molar-refractivity contribution in [1.82, 2.24) is 0 Å². The van der Waals surface area contributed by atoms with E-state index in [1.807, 2.05) is 6.07 Å². The second kappa shape index (κ2) is 6.23. The number of para-hydroxylation sites is 1. The second-order valence-corrected chi connectivity index (χ2v) is 3.97. The quantitative estimate of drug-likeness (QED) is 0.594. The van der Waals surface area contributed by atoms with Crippen LogP contribution in [0.3, 0.4) is 0 Å². The lowest BCUT2D eigenvalue weighted by Gasteiger charge is -2.09. The fourth-order valence-corrected chi connectivity index (χ4v) is 1.76. The van der Waals surface area contributed by atoms with Crippen LogP contribution in [0.15, 0.2) is 24.3 Å². The van der Waals surface area contributed by atoms with Gasteiger partial charge >= 0.3 is 0 Å². The maximum Gasteiger partial charge on any atom is 0.272 e. The molecule has 0 spiro atoms. The van der Waals surface area contributed by atoms with Crippen LogP contribution >= 0.6 is 0 Å². The minimum Gasteiger partial charge on any atom is -0.328 e. The van der Waals surface area contributed by atoms with E-state index in [2.05, 4.69) is 6.92 Å². The molecule has 0 fully saturated rings. The van der Waals surface area contributed by atoms with Crippen molar-refractivity contribution in [3.05, 3.63) is 39.9 Å². The van der Waals surface area contributed by atoms with Gasteiger partial charge in [0.25, 0.3) is 5.69 Å². The van der Waals surface area contributed by atoms with Gasteiger partial charge in [-0.25, -0.2) is 0 Å². The minimum absolute atomic E-state index is 0.143. The molecule has 0 aliphatic heterocycles. The monoisotopic (exact) mass is 222 g/mol. The van der Waals surface area contributed by atoms with E-state index in [1.54, 1.807) is 18.2 Å². The molecule has 1 unspecified atom stereocenters. The van der Waals surface area contributed by atoms with Crippen molar-refractivity contribution in [3.63, 3.8) is 0 Å². The number of aryl methyl sites for hydroxylation is 1. The summed E-state index contributed by atoms with van der Waals surface area (Å²) in [7, 11) is 0. The van der Waals surface area contributed by atoms with Crippen LogP contribution in [-0.2, 0) is 6.42 Å². The zero-order chi connectivity index (χ0) is 12.0. The van der Waals surface area contributed by atoms with Gasteiger partial charge in [-0.15, -0.1) is 0 Å². The van der Waals surface area contributed by atoms with Crippen LogP contribution in [0.25, 0.3) is 0 Å². The molecule has 0 aliphatic carbocycles. The van der Waals surface area contributed by atoms with Crippen LogP contribution in [0.4, 0.5) is 5.69 Å². The van der Waals surface area contributed by atoms with Crippen molar-refractivity contribution >= 4 is 5.69 Å². The molecule has 0 aromatic heterocycles. The summed E-state index contributed by atoms with van der Waals surface area (Å²) in [4.78, 5) is 10.4. The summed E-state index contributed by atoms with van der Waals surface area (Å²) in [5, 5.41) is 10.8. The Bertz CT molecular complexity index is 353. The number of rotatable bonds is 6. The van der Waals surface area contributed by atoms with Crippen molar-refractivity contribution < 1.29 is 4.92 Å². The van der Waals surface area contributed by atoms with E-state index in [1.165, 1.54) is 0 Å². The highest BCUT2D eigenvalue weighted by Crippen LogP contribution is 2.19. The molecular formula is C12H18N2O2. The fraction of sp³-hybridized carbons (Fsp3) is 0.500. The summed E-state index contributed by atoms with van der Waals surface area (Å²) < 4.78 is 0. The maximum absolute atomic E-state index is 10.8. The molecule has 1 rings (SSSR count). The molecule has 0 bridgehead atoms. The molecular weight excluding hydrogens is 204 g/mol. The topological polar surface area (TPSA) is 69.2 Å². The first-order valence-corrected chi connectivity index (χ1v) is 5.63. The average Bonchev–Trinajstić information content (AvgIpc) is 2.27. The predicted molar refractivity (Wildman–Crippen MR) is 64.3 cm³/mol. The molecule has 4 heteroatoms. The van der Waals surface area contributed by atoms with Crippen molar-refractivity contribution in [2.45, 2.75) is 38.6 Å². The Hall–Kier alpha value is -1.42. The van der Waals surface area contributed by atoms with E-state index in [0.717, 1.165) is 24.8 Å². The summed E-state index contributed by atoms with van der Waals surface area (Å²) in [6.45, 7) is 2.09. The van der Waals surface area contributed by atoms with Crippen LogP contribution in [0.1, 0.15) is 31.7 Å². The lowest BCUT2D eigenvalue weighted by Crippen LogP contribution is -2.20. The number of nitrogens with two attached hydrogens (primary N) is 1. The molecule has 1 atom stereocenters. The van der Waals surface area contributed by atoms with Gasteiger partial charge in [-0.2, -0.15) is 0 Å². The highest BCUT2D eigenvalue weighted by atomic mass is 16.6. The van der Waals surface area contributed by atoms with E-state index in [-0.39, 0.29) is 16.7 Å². The van der Waals surface area contributed by atoms with Crippen molar-refractivity contribution in [2.24, 2.45) is 5.73 Å². The first-order valence-electron chi connectivity index (χ1n) is 5.63. The van der Waals surface area contributed by atoms with Crippen LogP contribution in [0, 0.1) is 10.1 Å². The molecule has 4 nitrogen and oxygen atoms in total. The molecule has 0 aliphatic rings. The van der Waals surface area contributed by atoms with Gasteiger partial charge < -0.3 is 5.73 Å². The third-order valence-electron chi connectivity index (χ3n) is 2.63. The Kier molecular flexibility index (Phi) is 4.92. The molecule has 0 saturated carbocycles. The molecule has 88 valence electrons. The second-order valence-electron chi connectivity index (χ2n) is 3.97.